The Labute approximate surface area is 242 Å². The summed E-state index contributed by atoms with van der Waals surface area (Å²) in [7, 11) is 0.392. The van der Waals surface area contributed by atoms with Gasteiger partial charge < -0.3 is 14.7 Å². The fourth-order valence-electron chi connectivity index (χ4n) is 6.36. The van der Waals surface area contributed by atoms with E-state index in [0.717, 1.165) is 33.8 Å². The van der Waals surface area contributed by atoms with Crippen LogP contribution in [0.3, 0.4) is 0 Å². The second kappa shape index (κ2) is 9.17. The Kier molecular flexibility index (Phi) is 5.76. The van der Waals surface area contributed by atoms with Gasteiger partial charge >= 0.3 is 7.48 Å². The van der Waals surface area contributed by atoms with Crippen LogP contribution in [0.5, 0.6) is 0 Å². The van der Waals surface area contributed by atoms with Gasteiger partial charge in [-0.2, -0.15) is 0 Å². The maximum atomic E-state index is 10.7. The molecule has 5 aromatic rings. The van der Waals surface area contributed by atoms with Crippen LogP contribution in [0.1, 0.15) is 50.1 Å². The van der Waals surface area contributed by atoms with Gasteiger partial charge in [-0.15, -0.1) is 0 Å². The van der Waals surface area contributed by atoms with E-state index in [2.05, 4.69) is 108 Å². The zero-order valence-electron chi connectivity index (χ0n) is 23.9. The summed E-state index contributed by atoms with van der Waals surface area (Å²) < 4.78 is 6.33. The van der Waals surface area contributed by atoms with Crippen LogP contribution in [0.2, 0.25) is 0 Å². The summed E-state index contributed by atoms with van der Waals surface area (Å²) >= 11 is 0. The molecule has 41 heavy (non-hydrogen) atoms. The van der Waals surface area contributed by atoms with Crippen LogP contribution in [-0.4, -0.2) is 28.8 Å². The first-order valence-electron chi connectivity index (χ1n) is 14.2. The molecule has 0 atom stereocenters. The second-order valence-electron chi connectivity index (χ2n) is 12.1. The van der Waals surface area contributed by atoms with Gasteiger partial charge in [0, 0.05) is 17.4 Å². The molecule has 1 spiro atoms. The Morgan fingerprint density at radius 2 is 1.34 bits per heavy atom. The Bertz CT molecular complexity index is 1730. The van der Waals surface area contributed by atoms with Crippen molar-refractivity contribution in [3.63, 3.8) is 0 Å². The van der Waals surface area contributed by atoms with Crippen molar-refractivity contribution in [1.82, 2.24) is 4.98 Å². The van der Waals surface area contributed by atoms with E-state index in [4.69, 9.17) is 9.64 Å². The van der Waals surface area contributed by atoms with Gasteiger partial charge in [0.1, 0.15) is 0 Å². The summed E-state index contributed by atoms with van der Waals surface area (Å²) in [6.07, 6.45) is 1.91. The lowest BCUT2D eigenvalue weighted by Crippen LogP contribution is -2.49. The number of benzene rings is 4. The fourth-order valence-corrected chi connectivity index (χ4v) is 6.36. The molecule has 1 aromatic heterocycles. The molecule has 0 amide bonds. The molecule has 0 saturated carbocycles. The molecule has 0 fully saturated rings. The topological polar surface area (TPSA) is 45.6 Å². The predicted octanol–water partition coefficient (Wildman–Crippen LogP) is 6.77. The van der Waals surface area contributed by atoms with Crippen LogP contribution in [-0.2, 0) is 10.1 Å². The van der Waals surface area contributed by atoms with Crippen molar-refractivity contribution in [2.45, 2.75) is 44.3 Å². The normalized spacial score (nSPS) is 14.7. The highest BCUT2D eigenvalue weighted by Crippen LogP contribution is 2.62. The van der Waals surface area contributed by atoms with Crippen LogP contribution < -0.4 is 10.4 Å². The number of pyridine rings is 1. The molecular weight excluding hydrogens is 503 g/mol. The van der Waals surface area contributed by atoms with Crippen molar-refractivity contribution in [2.75, 3.05) is 4.90 Å². The van der Waals surface area contributed by atoms with Crippen molar-refractivity contribution in [2.24, 2.45) is 0 Å². The van der Waals surface area contributed by atoms with E-state index in [1.807, 2.05) is 26.1 Å². The van der Waals surface area contributed by atoms with Crippen molar-refractivity contribution < 1.29 is 9.76 Å². The predicted molar refractivity (Wildman–Crippen MR) is 168 cm³/mol. The number of para-hydroxylation sites is 3. The minimum absolute atomic E-state index is 0.392. The van der Waals surface area contributed by atoms with E-state index in [0.29, 0.717) is 7.48 Å². The zero-order valence-corrected chi connectivity index (χ0v) is 23.9. The molecule has 1 aliphatic carbocycles. The lowest BCUT2D eigenvalue weighted by atomic mass is 9.65. The van der Waals surface area contributed by atoms with Gasteiger partial charge in [-0.1, -0.05) is 84.3 Å². The Hall–Kier alpha value is -4.19. The van der Waals surface area contributed by atoms with E-state index in [9.17, 15) is 5.11 Å². The van der Waals surface area contributed by atoms with Crippen LogP contribution in [0, 0.1) is 0 Å². The van der Waals surface area contributed by atoms with Crippen molar-refractivity contribution in [1.29, 1.82) is 0 Å². The third-order valence-electron chi connectivity index (χ3n) is 9.13. The fraction of sp³-hybridized carbons (Fsp3) is 0.194. The average molecular weight is 536 g/mol. The Morgan fingerprint density at radius 1 is 0.707 bits per heavy atom. The minimum Gasteiger partial charge on any atom is -0.427 e. The van der Waals surface area contributed by atoms with Crippen LogP contribution in [0.4, 0.5) is 17.1 Å². The highest BCUT2D eigenvalue weighted by Gasteiger charge is 2.52. The molecule has 4 aromatic carbocycles. The SMILES string of the molecule is CC(C)(O)C(C)(C)OBc1ccc2c(c1)C1(c3ccccc3N(c3ccccc3)c3ccccc31)c1ncccc1-2. The average Bonchev–Trinajstić information content (AvgIpc) is 3.27. The van der Waals surface area contributed by atoms with Crippen LogP contribution >= 0.6 is 0 Å². The largest absolute Gasteiger partial charge is 0.427 e. The number of aliphatic hydroxyl groups is 1. The molecule has 5 heteroatoms. The number of fused-ring (bicyclic) bond motifs is 9. The molecule has 7 rings (SSSR count). The summed E-state index contributed by atoms with van der Waals surface area (Å²) in [5, 5.41) is 10.7. The summed E-state index contributed by atoms with van der Waals surface area (Å²) in [6.45, 7) is 7.46. The highest BCUT2D eigenvalue weighted by atomic mass is 16.5. The molecule has 0 radical (unpaired) electrons. The van der Waals surface area contributed by atoms with Gasteiger partial charge in [-0.05, 0) is 80.3 Å². The van der Waals surface area contributed by atoms with Crippen molar-refractivity contribution in [3.8, 4) is 11.1 Å². The van der Waals surface area contributed by atoms with Gasteiger partial charge in [0.2, 0.25) is 0 Å². The maximum Gasteiger partial charge on any atom is 0.309 e. The number of rotatable bonds is 5. The molecule has 1 N–H and O–H groups in total. The van der Waals surface area contributed by atoms with Gasteiger partial charge in [0.05, 0.1) is 33.7 Å². The molecule has 0 saturated heterocycles. The standard InChI is InChI=1S/C36H33BN2O2/c1-34(2,40)35(3,4)41-37-24-20-21-26-27-15-12-22-38-33(27)36(30(26)23-24)28-16-8-10-18-31(28)39(25-13-6-5-7-14-25)32-19-11-9-17-29(32)36/h5-23,37,40H,1-4H3. The lowest BCUT2D eigenvalue weighted by Gasteiger charge is -2.44. The first-order chi connectivity index (χ1) is 19.7. The Balaban J connectivity index is 1.49. The molecule has 2 heterocycles. The van der Waals surface area contributed by atoms with E-state index < -0.39 is 16.6 Å². The smallest absolute Gasteiger partial charge is 0.309 e. The number of anilines is 3. The van der Waals surface area contributed by atoms with Crippen LogP contribution in [0.15, 0.2) is 115 Å². The minimum atomic E-state index is -0.979. The molecule has 202 valence electrons. The number of aromatic nitrogens is 1. The van der Waals surface area contributed by atoms with Gasteiger partial charge in [0.15, 0.2) is 0 Å². The molecule has 0 unspecified atom stereocenters. The maximum absolute atomic E-state index is 10.7. The van der Waals surface area contributed by atoms with Gasteiger partial charge in [-0.25, -0.2) is 0 Å². The van der Waals surface area contributed by atoms with E-state index in [1.54, 1.807) is 13.8 Å². The summed E-state index contributed by atoms with van der Waals surface area (Å²) in [5.41, 5.74) is 9.21. The van der Waals surface area contributed by atoms with Crippen molar-refractivity contribution >= 4 is 30.0 Å². The van der Waals surface area contributed by atoms with Crippen molar-refractivity contribution in [3.05, 3.63) is 138 Å². The molecule has 1 aliphatic heterocycles. The summed E-state index contributed by atoms with van der Waals surface area (Å²) in [4.78, 5) is 7.48. The first-order valence-corrected chi connectivity index (χ1v) is 14.2. The number of hydrogen-bond acceptors (Lipinski definition) is 4. The van der Waals surface area contributed by atoms with Gasteiger partial charge in [0.25, 0.3) is 0 Å². The molecule has 4 nitrogen and oxygen atoms in total. The summed E-state index contributed by atoms with van der Waals surface area (Å²) in [5.74, 6) is 0. The monoisotopic (exact) mass is 536 g/mol. The molecule has 0 bridgehead atoms. The van der Waals surface area contributed by atoms with E-state index in [-0.39, 0.29) is 0 Å². The number of hydrogen-bond donors (Lipinski definition) is 1. The van der Waals surface area contributed by atoms with Gasteiger partial charge in [-0.3, -0.25) is 4.98 Å². The third-order valence-corrected chi connectivity index (χ3v) is 9.13. The quantitative estimate of drug-likeness (QED) is 0.247. The molecule has 2 aliphatic rings. The third kappa shape index (κ3) is 3.73. The zero-order chi connectivity index (χ0) is 28.4. The molecular formula is C36H33BN2O2. The second-order valence-corrected chi connectivity index (χ2v) is 12.1. The van der Waals surface area contributed by atoms with Crippen LogP contribution in [0.25, 0.3) is 11.1 Å². The lowest BCUT2D eigenvalue weighted by molar-refractivity contribution is -0.0893. The summed E-state index contributed by atoms with van der Waals surface area (Å²) in [6, 6.07) is 38.9. The number of nitrogens with zero attached hydrogens (tertiary/aromatic N) is 2. The van der Waals surface area contributed by atoms with E-state index in [1.165, 1.54) is 22.3 Å². The van der Waals surface area contributed by atoms with E-state index >= 15 is 0 Å². The highest BCUT2D eigenvalue weighted by molar-refractivity contribution is 6.47. The Morgan fingerprint density at radius 3 is 2.00 bits per heavy atom. The first kappa shape index (κ1) is 25.8.